The van der Waals surface area contributed by atoms with Crippen LogP contribution in [0.15, 0.2) is 5.38 Å². The highest BCUT2D eigenvalue weighted by molar-refractivity contribution is 7.10. The molecule has 4 nitrogen and oxygen atoms in total. The summed E-state index contributed by atoms with van der Waals surface area (Å²) in [5, 5.41) is 19.8. The molecule has 0 fully saturated rings. The van der Waals surface area contributed by atoms with Crippen LogP contribution in [-0.4, -0.2) is 16.1 Å². The molecule has 2 atom stereocenters. The van der Waals surface area contributed by atoms with E-state index in [1.807, 2.05) is 13.8 Å². The summed E-state index contributed by atoms with van der Waals surface area (Å²) >= 11 is 1.24. The first-order chi connectivity index (χ1) is 7.10. The SMILES string of the molecule is CCC(C)C(C#N)c1nc(C(=O)O)cs1. The molecule has 0 aliphatic heterocycles. The van der Waals surface area contributed by atoms with Gasteiger partial charge in [-0.2, -0.15) is 5.26 Å². The minimum Gasteiger partial charge on any atom is -0.476 e. The second kappa shape index (κ2) is 4.89. The minimum atomic E-state index is -1.04. The topological polar surface area (TPSA) is 74.0 Å². The van der Waals surface area contributed by atoms with Gasteiger partial charge in [-0.25, -0.2) is 9.78 Å². The van der Waals surface area contributed by atoms with Crippen LogP contribution in [0.25, 0.3) is 0 Å². The number of carboxylic acids is 1. The van der Waals surface area contributed by atoms with E-state index < -0.39 is 5.97 Å². The summed E-state index contributed by atoms with van der Waals surface area (Å²) < 4.78 is 0. The fraction of sp³-hybridized carbons (Fsp3) is 0.500. The van der Waals surface area contributed by atoms with Crippen molar-refractivity contribution in [3.8, 4) is 6.07 Å². The standard InChI is InChI=1S/C10H12N2O2S/c1-3-6(2)7(4-11)9-12-8(5-15-9)10(13)14/h5-7H,3H2,1-2H3,(H,13,14). The van der Waals surface area contributed by atoms with Crippen LogP contribution in [0.5, 0.6) is 0 Å². The van der Waals surface area contributed by atoms with Crippen LogP contribution in [0.1, 0.15) is 41.7 Å². The quantitative estimate of drug-likeness (QED) is 0.852. The number of rotatable bonds is 4. The molecule has 1 N–H and O–H groups in total. The lowest BCUT2D eigenvalue weighted by Crippen LogP contribution is -2.07. The van der Waals surface area contributed by atoms with E-state index in [1.54, 1.807) is 0 Å². The van der Waals surface area contributed by atoms with Crippen molar-refractivity contribution in [2.24, 2.45) is 5.92 Å². The third-order valence-corrected chi connectivity index (χ3v) is 3.29. The molecule has 0 aliphatic carbocycles. The number of aromatic carboxylic acids is 1. The van der Waals surface area contributed by atoms with Gasteiger partial charge >= 0.3 is 5.97 Å². The molecule has 1 rings (SSSR count). The maximum Gasteiger partial charge on any atom is 0.355 e. The Morgan fingerprint density at radius 1 is 1.80 bits per heavy atom. The van der Waals surface area contributed by atoms with E-state index in [0.717, 1.165) is 6.42 Å². The van der Waals surface area contributed by atoms with Gasteiger partial charge in [0, 0.05) is 5.38 Å². The fourth-order valence-corrected chi connectivity index (χ4v) is 2.16. The van der Waals surface area contributed by atoms with Crippen LogP contribution in [0, 0.1) is 17.2 Å². The van der Waals surface area contributed by atoms with Gasteiger partial charge in [0.2, 0.25) is 0 Å². The molecular weight excluding hydrogens is 212 g/mol. The van der Waals surface area contributed by atoms with Crippen LogP contribution in [0.4, 0.5) is 0 Å². The van der Waals surface area contributed by atoms with Gasteiger partial charge in [0.25, 0.3) is 0 Å². The first kappa shape index (κ1) is 11.7. The number of thiazole rings is 1. The van der Waals surface area contributed by atoms with Crippen LogP contribution in [-0.2, 0) is 0 Å². The Bertz CT molecular complexity index is 394. The molecular formula is C10H12N2O2S. The van der Waals surface area contributed by atoms with Crippen molar-refractivity contribution in [1.82, 2.24) is 4.98 Å². The predicted molar refractivity (Wildman–Crippen MR) is 56.9 cm³/mol. The third-order valence-electron chi connectivity index (χ3n) is 2.36. The molecule has 1 heterocycles. The highest BCUT2D eigenvalue weighted by Crippen LogP contribution is 2.28. The van der Waals surface area contributed by atoms with E-state index in [4.69, 9.17) is 10.4 Å². The molecule has 0 saturated carbocycles. The van der Waals surface area contributed by atoms with Gasteiger partial charge in [-0.1, -0.05) is 20.3 Å². The second-order valence-electron chi connectivity index (χ2n) is 3.37. The summed E-state index contributed by atoms with van der Waals surface area (Å²) in [4.78, 5) is 14.6. The van der Waals surface area contributed by atoms with Crippen molar-refractivity contribution in [3.63, 3.8) is 0 Å². The molecule has 2 unspecified atom stereocenters. The molecule has 0 bridgehead atoms. The number of carboxylic acid groups (broad SMARTS) is 1. The Balaban J connectivity index is 2.94. The lowest BCUT2D eigenvalue weighted by atomic mass is 9.94. The average Bonchev–Trinajstić information content (AvgIpc) is 2.68. The van der Waals surface area contributed by atoms with Gasteiger partial charge in [-0.05, 0) is 5.92 Å². The van der Waals surface area contributed by atoms with Crippen molar-refractivity contribution in [2.75, 3.05) is 0 Å². The van der Waals surface area contributed by atoms with Crippen LogP contribution in [0.2, 0.25) is 0 Å². The Kier molecular flexibility index (Phi) is 3.81. The zero-order valence-corrected chi connectivity index (χ0v) is 9.41. The largest absolute Gasteiger partial charge is 0.476 e. The maximum atomic E-state index is 10.6. The summed E-state index contributed by atoms with van der Waals surface area (Å²) in [6.45, 7) is 3.97. The van der Waals surface area contributed by atoms with Crippen molar-refractivity contribution in [2.45, 2.75) is 26.2 Å². The summed E-state index contributed by atoms with van der Waals surface area (Å²) in [5.41, 5.74) is 0.0264. The second-order valence-corrected chi connectivity index (χ2v) is 4.26. The number of hydrogen-bond acceptors (Lipinski definition) is 4. The Labute approximate surface area is 92.2 Å². The van der Waals surface area contributed by atoms with Gasteiger partial charge < -0.3 is 5.11 Å². The van der Waals surface area contributed by atoms with E-state index in [9.17, 15) is 4.79 Å². The summed E-state index contributed by atoms with van der Waals surface area (Å²) in [6.07, 6.45) is 0.875. The van der Waals surface area contributed by atoms with Crippen molar-refractivity contribution in [3.05, 3.63) is 16.1 Å². The van der Waals surface area contributed by atoms with Gasteiger partial charge in [0.15, 0.2) is 5.69 Å². The first-order valence-corrected chi connectivity index (χ1v) is 5.56. The lowest BCUT2D eigenvalue weighted by molar-refractivity contribution is 0.0691. The van der Waals surface area contributed by atoms with Gasteiger partial charge in [0.05, 0.1) is 6.07 Å². The molecule has 0 aromatic carbocycles. The van der Waals surface area contributed by atoms with Crippen LogP contribution in [0.3, 0.4) is 0 Å². The smallest absolute Gasteiger partial charge is 0.355 e. The van der Waals surface area contributed by atoms with E-state index in [-0.39, 0.29) is 17.5 Å². The maximum absolute atomic E-state index is 10.6. The summed E-state index contributed by atoms with van der Waals surface area (Å²) in [7, 11) is 0. The lowest BCUT2D eigenvalue weighted by Gasteiger charge is -2.12. The Morgan fingerprint density at radius 3 is 2.87 bits per heavy atom. The molecule has 0 spiro atoms. The normalized spacial score (nSPS) is 14.2. The predicted octanol–water partition coefficient (Wildman–Crippen LogP) is 2.49. The zero-order chi connectivity index (χ0) is 11.4. The highest BCUT2D eigenvalue weighted by atomic mass is 32.1. The number of nitrogens with zero attached hydrogens (tertiary/aromatic N) is 2. The van der Waals surface area contributed by atoms with E-state index in [1.165, 1.54) is 16.7 Å². The molecule has 1 aromatic heterocycles. The van der Waals surface area contributed by atoms with Crippen molar-refractivity contribution in [1.29, 1.82) is 5.26 Å². The molecule has 15 heavy (non-hydrogen) atoms. The number of aromatic nitrogens is 1. The van der Waals surface area contributed by atoms with Crippen molar-refractivity contribution < 1.29 is 9.90 Å². The van der Waals surface area contributed by atoms with E-state index >= 15 is 0 Å². The third kappa shape index (κ3) is 2.54. The molecule has 80 valence electrons. The van der Waals surface area contributed by atoms with Crippen LogP contribution < -0.4 is 0 Å². The van der Waals surface area contributed by atoms with Gasteiger partial charge in [-0.3, -0.25) is 0 Å². The van der Waals surface area contributed by atoms with E-state index in [0.29, 0.717) is 5.01 Å². The zero-order valence-electron chi connectivity index (χ0n) is 8.60. The van der Waals surface area contributed by atoms with Crippen LogP contribution >= 0.6 is 11.3 Å². The minimum absolute atomic E-state index is 0.0264. The Hall–Kier alpha value is -1.41. The number of nitriles is 1. The molecule has 0 aliphatic rings. The van der Waals surface area contributed by atoms with Gasteiger partial charge in [0.1, 0.15) is 10.9 Å². The van der Waals surface area contributed by atoms with E-state index in [2.05, 4.69) is 11.1 Å². The Morgan fingerprint density at radius 2 is 2.47 bits per heavy atom. The van der Waals surface area contributed by atoms with Gasteiger partial charge in [-0.15, -0.1) is 11.3 Å². The average molecular weight is 224 g/mol. The number of carbonyl (C=O) groups is 1. The molecule has 5 heteroatoms. The monoisotopic (exact) mass is 224 g/mol. The highest BCUT2D eigenvalue weighted by Gasteiger charge is 2.22. The molecule has 0 saturated heterocycles. The summed E-state index contributed by atoms with van der Waals surface area (Å²) in [5.74, 6) is -1.14. The fourth-order valence-electron chi connectivity index (χ4n) is 1.19. The summed E-state index contributed by atoms with van der Waals surface area (Å²) in [6, 6.07) is 2.18. The first-order valence-electron chi connectivity index (χ1n) is 4.68. The van der Waals surface area contributed by atoms with Crippen molar-refractivity contribution >= 4 is 17.3 Å². The molecule has 0 radical (unpaired) electrons. The molecule has 1 aromatic rings. The number of hydrogen-bond donors (Lipinski definition) is 1. The molecule has 0 amide bonds.